The number of hydrogen-bond acceptors (Lipinski definition) is 7. The molecule has 25 heavy (non-hydrogen) atoms. The summed E-state index contributed by atoms with van der Waals surface area (Å²) >= 11 is 0. The molecular weight excluding hydrogens is 316 g/mol. The molecule has 0 radical (unpaired) electrons. The largest absolute Gasteiger partial charge is 0.354 e. The number of aromatic nitrogens is 3. The smallest absolute Gasteiger partial charge is 0.229 e. The van der Waals surface area contributed by atoms with E-state index in [0.717, 1.165) is 43.5 Å². The van der Waals surface area contributed by atoms with Crippen LogP contribution in [0.3, 0.4) is 0 Å². The Balaban J connectivity index is 1.42. The normalized spacial score (nSPS) is 21.0. The molecule has 2 aliphatic rings. The van der Waals surface area contributed by atoms with E-state index >= 15 is 0 Å². The van der Waals surface area contributed by atoms with Crippen LogP contribution in [-0.2, 0) is 6.54 Å². The lowest BCUT2D eigenvalue weighted by Gasteiger charge is -2.37. The van der Waals surface area contributed by atoms with E-state index in [9.17, 15) is 5.26 Å². The van der Waals surface area contributed by atoms with Gasteiger partial charge in [0.2, 0.25) is 5.89 Å². The Morgan fingerprint density at radius 1 is 1.40 bits per heavy atom. The number of likely N-dealkylation sites (tertiary alicyclic amines) is 1. The van der Waals surface area contributed by atoms with Crippen molar-refractivity contribution in [1.29, 1.82) is 5.26 Å². The van der Waals surface area contributed by atoms with Crippen molar-refractivity contribution in [2.45, 2.75) is 44.2 Å². The van der Waals surface area contributed by atoms with Gasteiger partial charge in [-0.2, -0.15) is 10.2 Å². The third-order valence-electron chi connectivity index (χ3n) is 5.04. The molecule has 0 N–H and O–H groups in total. The molecule has 1 atom stereocenters. The highest BCUT2D eigenvalue weighted by atomic mass is 16.5. The minimum Gasteiger partial charge on any atom is -0.354 e. The highest BCUT2D eigenvalue weighted by Crippen LogP contribution is 2.38. The van der Waals surface area contributed by atoms with E-state index in [-0.39, 0.29) is 0 Å². The second kappa shape index (κ2) is 6.81. The zero-order chi connectivity index (χ0) is 17.2. The Morgan fingerprint density at radius 3 is 3.08 bits per heavy atom. The molecule has 7 nitrogen and oxygen atoms in total. The fraction of sp³-hybridized carbons (Fsp3) is 0.556. The first-order valence-corrected chi connectivity index (χ1v) is 8.87. The molecule has 7 heteroatoms. The van der Waals surface area contributed by atoms with Crippen LogP contribution in [0.15, 0.2) is 22.9 Å². The van der Waals surface area contributed by atoms with Crippen molar-refractivity contribution in [2.75, 3.05) is 25.0 Å². The molecule has 0 aromatic carbocycles. The zero-order valence-electron chi connectivity index (χ0n) is 14.4. The fourth-order valence-electron chi connectivity index (χ4n) is 3.46. The Labute approximate surface area is 147 Å². The minimum atomic E-state index is 0.325. The van der Waals surface area contributed by atoms with Crippen molar-refractivity contribution < 1.29 is 4.52 Å². The Kier molecular flexibility index (Phi) is 4.36. The summed E-state index contributed by atoms with van der Waals surface area (Å²) in [6.45, 7) is 2.66. The maximum absolute atomic E-state index is 9.31. The van der Waals surface area contributed by atoms with E-state index in [1.165, 1.54) is 12.8 Å². The average molecular weight is 338 g/mol. The van der Waals surface area contributed by atoms with Crippen molar-refractivity contribution in [3.8, 4) is 6.07 Å². The first-order valence-electron chi connectivity index (χ1n) is 8.87. The van der Waals surface area contributed by atoms with Crippen LogP contribution in [0.1, 0.15) is 48.9 Å². The second-order valence-electron chi connectivity index (χ2n) is 6.95. The van der Waals surface area contributed by atoms with Crippen LogP contribution in [0.25, 0.3) is 0 Å². The first-order chi connectivity index (χ1) is 12.2. The predicted molar refractivity (Wildman–Crippen MR) is 91.9 cm³/mol. The number of nitrogens with zero attached hydrogens (tertiary/aromatic N) is 6. The lowest BCUT2D eigenvalue weighted by Crippen LogP contribution is -2.46. The van der Waals surface area contributed by atoms with Gasteiger partial charge in [0.05, 0.1) is 12.1 Å². The standard InChI is InChI=1S/C18H22N6O/c1-23(17-14(10-19)4-2-8-20-17)15-5-3-9-24(11-15)12-16-21-18(25-22-16)13-6-7-13/h2,4,8,13,15H,3,5-7,9,11-12H2,1H3/t15-/m1/s1. The Hall–Kier alpha value is -2.46. The molecular formula is C18H22N6O. The molecule has 1 aliphatic carbocycles. The van der Waals surface area contributed by atoms with E-state index in [0.29, 0.717) is 24.1 Å². The molecule has 0 unspecified atom stereocenters. The Morgan fingerprint density at radius 2 is 2.28 bits per heavy atom. The van der Waals surface area contributed by atoms with Gasteiger partial charge >= 0.3 is 0 Å². The van der Waals surface area contributed by atoms with E-state index in [1.54, 1.807) is 12.3 Å². The fourth-order valence-corrected chi connectivity index (χ4v) is 3.46. The quantitative estimate of drug-likeness (QED) is 0.827. The number of nitriles is 1. The van der Waals surface area contributed by atoms with Crippen LogP contribution < -0.4 is 4.90 Å². The first kappa shape index (κ1) is 16.0. The molecule has 1 saturated heterocycles. The summed E-state index contributed by atoms with van der Waals surface area (Å²) < 4.78 is 5.36. The van der Waals surface area contributed by atoms with Gasteiger partial charge in [-0.1, -0.05) is 5.16 Å². The molecule has 2 aromatic rings. The molecule has 3 heterocycles. The second-order valence-corrected chi connectivity index (χ2v) is 6.95. The monoisotopic (exact) mass is 338 g/mol. The summed E-state index contributed by atoms with van der Waals surface area (Å²) in [7, 11) is 2.02. The van der Waals surface area contributed by atoms with Crippen molar-refractivity contribution in [3.63, 3.8) is 0 Å². The van der Waals surface area contributed by atoms with Crippen molar-refractivity contribution in [3.05, 3.63) is 35.6 Å². The number of rotatable bonds is 5. The summed E-state index contributed by atoms with van der Waals surface area (Å²) in [5.41, 5.74) is 0.620. The molecule has 130 valence electrons. The van der Waals surface area contributed by atoms with Crippen LogP contribution >= 0.6 is 0 Å². The van der Waals surface area contributed by atoms with E-state index < -0.39 is 0 Å². The maximum Gasteiger partial charge on any atom is 0.229 e. The number of anilines is 1. The van der Waals surface area contributed by atoms with E-state index in [4.69, 9.17) is 4.52 Å². The zero-order valence-corrected chi connectivity index (χ0v) is 14.4. The van der Waals surface area contributed by atoms with Gasteiger partial charge in [0.15, 0.2) is 5.82 Å². The minimum absolute atomic E-state index is 0.325. The predicted octanol–water partition coefficient (Wildman–Crippen LogP) is 2.31. The van der Waals surface area contributed by atoms with Crippen LogP contribution in [0, 0.1) is 11.3 Å². The molecule has 1 aliphatic heterocycles. The summed E-state index contributed by atoms with van der Waals surface area (Å²) in [5.74, 6) is 2.83. The summed E-state index contributed by atoms with van der Waals surface area (Å²) in [6.07, 6.45) is 6.28. The lowest BCUT2D eigenvalue weighted by atomic mass is 10.0. The summed E-state index contributed by atoms with van der Waals surface area (Å²) in [5, 5.41) is 13.4. The highest BCUT2D eigenvalue weighted by Gasteiger charge is 2.30. The average Bonchev–Trinajstić information content (AvgIpc) is 3.41. The highest BCUT2D eigenvalue weighted by molar-refractivity contribution is 5.53. The van der Waals surface area contributed by atoms with Gasteiger partial charge in [0, 0.05) is 31.7 Å². The molecule has 2 fully saturated rings. The van der Waals surface area contributed by atoms with Crippen LogP contribution in [0.2, 0.25) is 0 Å². The van der Waals surface area contributed by atoms with Gasteiger partial charge in [0.1, 0.15) is 11.9 Å². The molecule has 1 saturated carbocycles. The SMILES string of the molecule is CN(c1ncccc1C#N)[C@@H]1CCCN(Cc2noc(C3CC3)n2)C1. The maximum atomic E-state index is 9.31. The molecule has 0 spiro atoms. The van der Waals surface area contributed by atoms with E-state index in [1.807, 2.05) is 13.1 Å². The molecule has 2 aromatic heterocycles. The summed E-state index contributed by atoms with van der Waals surface area (Å²) in [6, 6.07) is 6.18. The molecule has 0 amide bonds. The van der Waals surface area contributed by atoms with E-state index in [2.05, 4.69) is 31.0 Å². The van der Waals surface area contributed by atoms with Gasteiger partial charge in [-0.05, 0) is 44.4 Å². The van der Waals surface area contributed by atoms with Gasteiger partial charge in [0.25, 0.3) is 0 Å². The molecule has 0 bridgehead atoms. The van der Waals surface area contributed by atoms with Gasteiger partial charge < -0.3 is 9.42 Å². The summed E-state index contributed by atoms with van der Waals surface area (Å²) in [4.78, 5) is 13.4. The lowest BCUT2D eigenvalue weighted by molar-refractivity contribution is 0.192. The van der Waals surface area contributed by atoms with Crippen molar-refractivity contribution in [2.24, 2.45) is 0 Å². The van der Waals surface area contributed by atoms with Crippen molar-refractivity contribution in [1.82, 2.24) is 20.0 Å². The van der Waals surface area contributed by atoms with Gasteiger partial charge in [-0.15, -0.1) is 0 Å². The van der Waals surface area contributed by atoms with Crippen LogP contribution in [-0.4, -0.2) is 46.2 Å². The van der Waals surface area contributed by atoms with Crippen LogP contribution in [0.4, 0.5) is 5.82 Å². The van der Waals surface area contributed by atoms with Gasteiger partial charge in [-0.25, -0.2) is 4.98 Å². The number of hydrogen-bond donors (Lipinski definition) is 0. The topological polar surface area (TPSA) is 82.1 Å². The third kappa shape index (κ3) is 3.49. The van der Waals surface area contributed by atoms with Crippen molar-refractivity contribution >= 4 is 5.82 Å². The number of piperidine rings is 1. The number of pyridine rings is 1. The van der Waals surface area contributed by atoms with Gasteiger partial charge in [-0.3, -0.25) is 4.90 Å². The van der Waals surface area contributed by atoms with Crippen LogP contribution in [0.5, 0.6) is 0 Å². The Bertz CT molecular complexity index is 778. The third-order valence-corrected chi connectivity index (χ3v) is 5.04. The molecule has 4 rings (SSSR count). The number of likely N-dealkylation sites (N-methyl/N-ethyl adjacent to an activating group) is 1.